The zero-order valence-electron chi connectivity index (χ0n) is 8.02. The quantitative estimate of drug-likeness (QED) is 0.379. The van der Waals surface area contributed by atoms with E-state index in [-0.39, 0.29) is 126 Å². The van der Waals surface area contributed by atoms with Crippen molar-refractivity contribution in [3.8, 4) is 0 Å². The summed E-state index contributed by atoms with van der Waals surface area (Å²) in [5.74, 6) is 0. The van der Waals surface area contributed by atoms with Crippen molar-refractivity contribution < 1.29 is 203 Å². The number of hydrogen-bond donors (Lipinski definition) is 0. The van der Waals surface area contributed by atoms with E-state index in [2.05, 4.69) is 4.59 Å². The van der Waals surface area contributed by atoms with Crippen LogP contribution in [0, 0.1) is 0 Å². The molecular formula is C4H7NOW10-2. The first-order chi connectivity index (χ1) is 4.77. The van der Waals surface area contributed by atoms with Gasteiger partial charge in [-0.05, 0) is 0 Å². The van der Waals surface area contributed by atoms with E-state index >= 15 is 0 Å². The van der Waals surface area contributed by atoms with Gasteiger partial charge in [0, 0.05) is 126 Å². The van der Waals surface area contributed by atoms with Crippen molar-refractivity contribution in [3.63, 3.8) is 0 Å². The Morgan fingerprint density at radius 2 is 1.06 bits per heavy atom. The Hall–Kier alpha value is 6.51. The molecule has 0 aromatic heterocycles. The third kappa shape index (κ3) is 86.3. The standard InChI is InChI=1S/C4H7O.N.10W/c1-4(2)5-3;;;;;;;;;;;/h4H,1-2H3;;;;;;;;;;;/q2*-1;;;;;;;;;;. The summed E-state index contributed by atoms with van der Waals surface area (Å²) >= 11 is 5.17. The van der Waals surface area contributed by atoms with Crippen LogP contribution >= 0.6 is 0 Å². The first-order valence-electron chi connectivity index (χ1n) is 2.15. The van der Waals surface area contributed by atoms with Crippen molar-refractivity contribution >= 4 is 4.59 Å². The van der Waals surface area contributed by atoms with Gasteiger partial charge in [0.05, 0.1) is 0 Å². The van der Waals surface area contributed by atoms with E-state index < -0.39 is 0 Å². The monoisotopic (exact) mass is 1920 g/mol. The molecule has 0 aliphatic rings. The maximum absolute atomic E-state index is 7.08. The van der Waals surface area contributed by atoms with Crippen molar-refractivity contribution in [2.45, 2.75) is 20.0 Å². The maximum atomic E-state index is 7.08. The molecule has 0 aliphatic carbocycles. The molecular weight excluding hydrogens is 1920 g/mol. The predicted molar refractivity (Wildman–Crippen MR) is 24.6 cm³/mol. The fourth-order valence-corrected chi connectivity index (χ4v) is 0.788. The van der Waals surface area contributed by atoms with Gasteiger partial charge in [-0.25, -0.2) is 0 Å². The molecule has 0 radical (unpaired) electrons. The van der Waals surface area contributed by atoms with Gasteiger partial charge in [0.1, 0.15) is 0 Å². The molecule has 0 aliphatic heterocycles. The van der Waals surface area contributed by atoms with Gasteiger partial charge in [-0.1, -0.05) is 0 Å². The van der Waals surface area contributed by atoms with E-state index in [1.54, 1.807) is 32.4 Å². The molecule has 0 N–H and O–H groups in total. The first kappa shape index (κ1) is 57.1. The summed E-state index contributed by atoms with van der Waals surface area (Å²) in [6.07, 6.45) is 0.308. The molecule has 2 nitrogen and oxygen atoms in total. The van der Waals surface area contributed by atoms with Crippen LogP contribution in [-0.2, 0) is 203 Å². The Bertz CT molecular complexity index is 73.8. The third-order valence-electron chi connectivity index (χ3n) is 0.284. The normalized spacial score (nSPS) is 3.94. The second-order valence-electron chi connectivity index (χ2n) is 1.25. The molecule has 0 saturated heterocycles. The van der Waals surface area contributed by atoms with Crippen molar-refractivity contribution in [2.24, 2.45) is 0 Å². The van der Waals surface area contributed by atoms with Gasteiger partial charge in [-0.2, -0.15) is 0 Å². The van der Waals surface area contributed by atoms with Gasteiger partial charge in [-0.3, -0.25) is 0 Å². The van der Waals surface area contributed by atoms with Crippen LogP contribution in [0.25, 0.3) is 3.91 Å². The van der Waals surface area contributed by atoms with E-state index in [1.165, 1.54) is 19.4 Å². The number of rotatable bonds is 2. The average Bonchev–Trinajstić information content (AvgIpc) is 1.96. The molecule has 0 amide bonds. The molecule has 0 bridgehead atoms. The summed E-state index contributed by atoms with van der Waals surface area (Å²) in [6, 6.07) is 0. The van der Waals surface area contributed by atoms with Crippen LogP contribution < -0.4 is 0 Å². The van der Waals surface area contributed by atoms with Crippen molar-refractivity contribution in [2.75, 3.05) is 0 Å². The molecule has 0 saturated carbocycles. The molecule has 12 heteroatoms. The number of ether oxygens (including phenoxy) is 1. The minimum absolute atomic E-state index is 0. The number of hydrogen-bond acceptors (Lipinski definition) is 1. The van der Waals surface area contributed by atoms with Crippen LogP contribution in [0.2, 0.25) is 0 Å². The number of nitrogens with zero attached hydrogens (tertiary/aromatic N) is 1. The Morgan fingerprint density at radius 1 is 0.875 bits per heavy atom. The van der Waals surface area contributed by atoms with E-state index in [0.717, 1.165) is 0 Å². The summed E-state index contributed by atoms with van der Waals surface area (Å²) in [5, 5.41) is 0. The fourth-order valence-electron chi connectivity index (χ4n) is 0.0962. The zero-order chi connectivity index (χ0) is 8.99. The van der Waals surface area contributed by atoms with E-state index in [1.807, 2.05) is 13.8 Å². The average molecular weight is 1920 g/mol. The SMILES string of the molecule is CC(C)O[C-]=[W].[N-]=[W].[W].[W].[W].[W].[W].[W].[W]=[W]. The Balaban J connectivity index is -0.00000000643. The van der Waals surface area contributed by atoms with Gasteiger partial charge in [0.15, 0.2) is 0 Å². The summed E-state index contributed by atoms with van der Waals surface area (Å²) in [7, 11) is 0. The summed E-state index contributed by atoms with van der Waals surface area (Å²) in [6.45, 7) is 3.96. The molecule has 0 heterocycles. The van der Waals surface area contributed by atoms with Crippen LogP contribution in [0.5, 0.6) is 0 Å². The van der Waals surface area contributed by atoms with Gasteiger partial charge in [0.2, 0.25) is 0 Å². The van der Waals surface area contributed by atoms with Crippen molar-refractivity contribution in [1.29, 1.82) is 0 Å². The molecule has 0 rings (SSSR count). The van der Waals surface area contributed by atoms with Gasteiger partial charge in [0.25, 0.3) is 0 Å². The molecule has 0 aromatic rings. The van der Waals surface area contributed by atoms with Crippen molar-refractivity contribution in [3.05, 3.63) is 3.91 Å². The van der Waals surface area contributed by atoms with Gasteiger partial charge in [-0.15, -0.1) is 0 Å². The molecule has 0 unspecified atom stereocenters. The van der Waals surface area contributed by atoms with Gasteiger partial charge < -0.3 is 0 Å². The van der Waals surface area contributed by atoms with Gasteiger partial charge >= 0.3 is 105 Å². The van der Waals surface area contributed by atoms with E-state index in [4.69, 9.17) is 8.65 Å². The summed E-state index contributed by atoms with van der Waals surface area (Å²) in [5.41, 5.74) is 0. The van der Waals surface area contributed by atoms with Crippen LogP contribution in [0.1, 0.15) is 13.8 Å². The summed E-state index contributed by atoms with van der Waals surface area (Å²) in [4.78, 5) is 0. The molecule has 16 heavy (non-hydrogen) atoms. The van der Waals surface area contributed by atoms with Crippen molar-refractivity contribution in [1.82, 2.24) is 0 Å². The van der Waals surface area contributed by atoms with E-state index in [9.17, 15) is 0 Å². The topological polar surface area (TPSA) is 31.5 Å². The first-order valence-corrected chi connectivity index (χ1v) is 15.9. The fraction of sp³-hybridized carbons (Fsp3) is 0.750. The molecule has 0 spiro atoms. The minimum atomic E-state index is 0. The second-order valence-corrected chi connectivity index (χ2v) is 1.85. The zero-order valence-corrected chi connectivity index (χ0v) is 37.3. The Morgan fingerprint density at radius 3 is 1.06 bits per heavy atom. The Kier molecular flexibility index (Phi) is 244. The van der Waals surface area contributed by atoms with Crippen LogP contribution in [-0.4, -0.2) is 10.7 Å². The second kappa shape index (κ2) is 68.3. The molecule has 0 aromatic carbocycles. The van der Waals surface area contributed by atoms with Crippen LogP contribution in [0.15, 0.2) is 0 Å². The predicted octanol–water partition coefficient (Wildman–Crippen LogP) is 0.861. The molecule has 0 fully saturated rings. The third-order valence-corrected chi connectivity index (χ3v) is 0.630. The van der Waals surface area contributed by atoms with E-state index in [0.29, 0.717) is 25.7 Å². The van der Waals surface area contributed by atoms with Crippen LogP contribution in [0.3, 0.4) is 0 Å². The Labute approximate surface area is 225 Å². The van der Waals surface area contributed by atoms with Crippen LogP contribution in [0.4, 0.5) is 0 Å². The molecule has 0 atom stereocenters. The molecule has 96 valence electrons. The summed E-state index contributed by atoms with van der Waals surface area (Å²) < 4.78 is 14.6.